The van der Waals surface area contributed by atoms with Gasteiger partial charge < -0.3 is 0 Å². The largest absolute Gasteiger partial charge is 0.299 e. The standard InChI is InChI=1S/C13H17BrFN/c1-10-8-16(7-6-13(10)14)9-11-2-4-12(15)5-3-11/h2-5,10,13H,6-9H2,1H3. The maximum atomic E-state index is 12.8. The van der Waals surface area contributed by atoms with Gasteiger partial charge in [0.1, 0.15) is 5.82 Å². The number of hydrogen-bond acceptors (Lipinski definition) is 1. The fourth-order valence-corrected chi connectivity index (χ4v) is 2.57. The molecule has 2 atom stereocenters. The summed E-state index contributed by atoms with van der Waals surface area (Å²) in [6.45, 7) is 5.45. The van der Waals surface area contributed by atoms with Crippen LogP contribution in [0.15, 0.2) is 24.3 Å². The Labute approximate surface area is 105 Å². The van der Waals surface area contributed by atoms with Crippen LogP contribution >= 0.6 is 15.9 Å². The average Bonchev–Trinajstić information content (AvgIpc) is 2.27. The summed E-state index contributed by atoms with van der Waals surface area (Å²) in [7, 11) is 0. The van der Waals surface area contributed by atoms with Gasteiger partial charge in [-0.1, -0.05) is 35.0 Å². The zero-order chi connectivity index (χ0) is 11.5. The van der Waals surface area contributed by atoms with Gasteiger partial charge in [0, 0.05) is 17.9 Å². The predicted molar refractivity (Wildman–Crippen MR) is 68.2 cm³/mol. The molecule has 0 spiro atoms. The van der Waals surface area contributed by atoms with Crippen LogP contribution < -0.4 is 0 Å². The van der Waals surface area contributed by atoms with E-state index in [1.54, 1.807) is 0 Å². The minimum absolute atomic E-state index is 0.156. The minimum Gasteiger partial charge on any atom is -0.299 e. The van der Waals surface area contributed by atoms with E-state index in [1.807, 2.05) is 12.1 Å². The molecule has 0 bridgehead atoms. The van der Waals surface area contributed by atoms with Gasteiger partial charge in [-0.3, -0.25) is 4.90 Å². The molecule has 0 amide bonds. The lowest BCUT2D eigenvalue weighted by Crippen LogP contribution is -2.39. The van der Waals surface area contributed by atoms with Gasteiger partial charge in [-0.05, 0) is 36.6 Å². The van der Waals surface area contributed by atoms with Gasteiger partial charge in [0.15, 0.2) is 0 Å². The molecule has 0 aromatic heterocycles. The topological polar surface area (TPSA) is 3.24 Å². The van der Waals surface area contributed by atoms with Crippen LogP contribution in [0.5, 0.6) is 0 Å². The number of benzene rings is 1. The third-order valence-electron chi connectivity index (χ3n) is 3.20. The van der Waals surface area contributed by atoms with Gasteiger partial charge in [0.2, 0.25) is 0 Å². The molecule has 2 rings (SSSR count). The number of halogens is 2. The van der Waals surface area contributed by atoms with Crippen molar-refractivity contribution in [2.75, 3.05) is 13.1 Å². The molecule has 1 nitrogen and oxygen atoms in total. The number of rotatable bonds is 2. The quantitative estimate of drug-likeness (QED) is 0.753. The molecular formula is C13H17BrFN. The van der Waals surface area contributed by atoms with Crippen molar-refractivity contribution in [2.45, 2.75) is 24.7 Å². The van der Waals surface area contributed by atoms with Crippen LogP contribution in [0.2, 0.25) is 0 Å². The van der Waals surface area contributed by atoms with E-state index in [2.05, 4.69) is 27.8 Å². The fraction of sp³-hybridized carbons (Fsp3) is 0.538. The Morgan fingerprint density at radius 3 is 2.69 bits per heavy atom. The predicted octanol–water partition coefficient (Wildman–Crippen LogP) is 3.43. The molecule has 1 aromatic carbocycles. The normalized spacial score (nSPS) is 26.9. The van der Waals surface area contributed by atoms with Crippen molar-refractivity contribution in [2.24, 2.45) is 5.92 Å². The molecule has 1 heterocycles. The Morgan fingerprint density at radius 2 is 2.06 bits per heavy atom. The first-order chi connectivity index (χ1) is 7.65. The van der Waals surface area contributed by atoms with Crippen LogP contribution in [-0.2, 0) is 6.54 Å². The van der Waals surface area contributed by atoms with Gasteiger partial charge in [-0.15, -0.1) is 0 Å². The molecule has 2 unspecified atom stereocenters. The maximum absolute atomic E-state index is 12.8. The summed E-state index contributed by atoms with van der Waals surface area (Å²) in [6.07, 6.45) is 1.20. The Balaban J connectivity index is 1.93. The monoisotopic (exact) mass is 285 g/mol. The van der Waals surface area contributed by atoms with E-state index in [1.165, 1.54) is 24.1 Å². The molecule has 1 aliphatic heterocycles. The zero-order valence-electron chi connectivity index (χ0n) is 9.50. The first kappa shape index (κ1) is 12.1. The van der Waals surface area contributed by atoms with E-state index >= 15 is 0 Å². The average molecular weight is 286 g/mol. The summed E-state index contributed by atoms with van der Waals surface area (Å²) in [4.78, 5) is 3.09. The van der Waals surface area contributed by atoms with Gasteiger partial charge in [0.25, 0.3) is 0 Å². The summed E-state index contributed by atoms with van der Waals surface area (Å²) in [5, 5.41) is 0. The molecule has 16 heavy (non-hydrogen) atoms. The second-order valence-corrected chi connectivity index (χ2v) is 5.82. The van der Waals surface area contributed by atoms with E-state index in [4.69, 9.17) is 0 Å². The summed E-state index contributed by atoms with van der Waals surface area (Å²) < 4.78 is 12.8. The van der Waals surface area contributed by atoms with Crippen molar-refractivity contribution in [3.05, 3.63) is 35.6 Å². The highest BCUT2D eigenvalue weighted by molar-refractivity contribution is 9.09. The number of alkyl halides is 1. The second kappa shape index (κ2) is 5.28. The number of hydrogen-bond donors (Lipinski definition) is 0. The molecule has 0 radical (unpaired) electrons. The van der Waals surface area contributed by atoms with E-state index in [0.29, 0.717) is 10.7 Å². The first-order valence-corrected chi connectivity index (χ1v) is 6.67. The van der Waals surface area contributed by atoms with Crippen LogP contribution in [0.1, 0.15) is 18.9 Å². The van der Waals surface area contributed by atoms with Crippen LogP contribution in [0.25, 0.3) is 0 Å². The van der Waals surface area contributed by atoms with Crippen molar-refractivity contribution in [3.8, 4) is 0 Å². The molecule has 3 heteroatoms. The van der Waals surface area contributed by atoms with Crippen LogP contribution in [0, 0.1) is 11.7 Å². The molecule has 1 saturated heterocycles. The molecular weight excluding hydrogens is 269 g/mol. The van der Waals surface area contributed by atoms with Crippen molar-refractivity contribution in [1.82, 2.24) is 4.90 Å². The van der Waals surface area contributed by atoms with E-state index in [-0.39, 0.29) is 5.82 Å². The van der Waals surface area contributed by atoms with Crippen LogP contribution in [0.3, 0.4) is 0 Å². The number of likely N-dealkylation sites (tertiary alicyclic amines) is 1. The molecule has 1 aromatic rings. The van der Waals surface area contributed by atoms with Gasteiger partial charge >= 0.3 is 0 Å². The smallest absolute Gasteiger partial charge is 0.123 e. The fourth-order valence-electron chi connectivity index (χ4n) is 2.19. The lowest BCUT2D eigenvalue weighted by molar-refractivity contribution is 0.183. The Kier molecular flexibility index (Phi) is 3.98. The van der Waals surface area contributed by atoms with Crippen LogP contribution in [0.4, 0.5) is 4.39 Å². The molecule has 1 aliphatic rings. The highest BCUT2D eigenvalue weighted by atomic mass is 79.9. The van der Waals surface area contributed by atoms with Crippen molar-refractivity contribution < 1.29 is 4.39 Å². The van der Waals surface area contributed by atoms with E-state index in [9.17, 15) is 4.39 Å². The van der Waals surface area contributed by atoms with Crippen molar-refractivity contribution in [3.63, 3.8) is 0 Å². The minimum atomic E-state index is -0.156. The summed E-state index contributed by atoms with van der Waals surface area (Å²) in [6, 6.07) is 6.83. The van der Waals surface area contributed by atoms with E-state index in [0.717, 1.165) is 19.6 Å². The molecule has 1 fully saturated rings. The molecule has 0 N–H and O–H groups in total. The van der Waals surface area contributed by atoms with Crippen LogP contribution in [-0.4, -0.2) is 22.8 Å². The highest BCUT2D eigenvalue weighted by Gasteiger charge is 2.23. The Hall–Kier alpha value is -0.410. The summed E-state index contributed by atoms with van der Waals surface area (Å²) >= 11 is 3.70. The van der Waals surface area contributed by atoms with Gasteiger partial charge in [0.05, 0.1) is 0 Å². The lowest BCUT2D eigenvalue weighted by atomic mass is 9.99. The van der Waals surface area contributed by atoms with Gasteiger partial charge in [-0.2, -0.15) is 0 Å². The molecule has 0 aliphatic carbocycles. The summed E-state index contributed by atoms with van der Waals surface area (Å²) in [5.41, 5.74) is 1.20. The number of nitrogens with zero attached hydrogens (tertiary/aromatic N) is 1. The number of piperidine rings is 1. The van der Waals surface area contributed by atoms with Gasteiger partial charge in [-0.25, -0.2) is 4.39 Å². The first-order valence-electron chi connectivity index (χ1n) is 5.76. The third kappa shape index (κ3) is 3.05. The summed E-state index contributed by atoms with van der Waals surface area (Å²) in [5.74, 6) is 0.533. The highest BCUT2D eigenvalue weighted by Crippen LogP contribution is 2.24. The second-order valence-electron chi connectivity index (χ2n) is 4.64. The Bertz CT molecular complexity index is 338. The Morgan fingerprint density at radius 1 is 1.38 bits per heavy atom. The van der Waals surface area contributed by atoms with Crippen molar-refractivity contribution >= 4 is 15.9 Å². The van der Waals surface area contributed by atoms with Crippen molar-refractivity contribution in [1.29, 1.82) is 0 Å². The molecule has 88 valence electrons. The third-order valence-corrected chi connectivity index (χ3v) is 4.56. The molecule has 0 saturated carbocycles. The zero-order valence-corrected chi connectivity index (χ0v) is 11.1. The SMILES string of the molecule is CC1CN(Cc2ccc(F)cc2)CCC1Br. The van der Waals surface area contributed by atoms with E-state index < -0.39 is 0 Å². The maximum Gasteiger partial charge on any atom is 0.123 e. The lowest BCUT2D eigenvalue weighted by Gasteiger charge is -2.34.